The minimum absolute atomic E-state index is 0. The molecule has 0 saturated heterocycles. The first-order chi connectivity index (χ1) is 3.31. The summed E-state index contributed by atoms with van der Waals surface area (Å²) in [5.74, 6) is 0. The van der Waals surface area contributed by atoms with Crippen LogP contribution < -0.4 is 11.5 Å². The van der Waals surface area contributed by atoms with Crippen molar-refractivity contribution in [2.75, 3.05) is 20.3 Å². The van der Waals surface area contributed by atoms with Crippen LogP contribution in [0, 0.1) is 0 Å². The van der Waals surface area contributed by atoms with E-state index in [2.05, 4.69) is 4.74 Å². The van der Waals surface area contributed by atoms with Gasteiger partial charge in [0.2, 0.25) is 0 Å². The van der Waals surface area contributed by atoms with Gasteiger partial charge in [0.1, 0.15) is 0 Å². The van der Waals surface area contributed by atoms with E-state index in [1.807, 2.05) is 0 Å². The predicted octanol–water partition coefficient (Wildman–Crippen LogP) is -0.659. The third kappa shape index (κ3) is 6.17. The molecule has 4 N–H and O–H groups in total. The van der Waals surface area contributed by atoms with Gasteiger partial charge in [0, 0.05) is 19.7 Å². The molecule has 0 spiro atoms. The van der Waals surface area contributed by atoms with Gasteiger partial charge in [-0.3, -0.25) is 0 Å². The number of rotatable bonds is 3. The molecule has 0 aromatic rings. The van der Waals surface area contributed by atoms with Gasteiger partial charge in [0.05, 0.1) is 6.61 Å². The largest absolute Gasteiger partial charge is 0.383 e. The molecule has 0 amide bonds. The first kappa shape index (κ1) is 11.0. The maximum absolute atomic E-state index is 5.33. The molecule has 0 heterocycles. The summed E-state index contributed by atoms with van der Waals surface area (Å²) >= 11 is 0. The normalized spacial score (nSPS) is 12.4. The summed E-state index contributed by atoms with van der Waals surface area (Å²) < 4.78 is 4.69. The molecule has 1 atom stereocenters. The van der Waals surface area contributed by atoms with E-state index in [0.717, 1.165) is 0 Å². The van der Waals surface area contributed by atoms with Gasteiger partial charge in [-0.15, -0.1) is 12.4 Å². The second kappa shape index (κ2) is 7.17. The Balaban J connectivity index is 0. The molecule has 4 heteroatoms. The number of methoxy groups -OCH3 is 1. The second-order valence-electron chi connectivity index (χ2n) is 1.45. The van der Waals surface area contributed by atoms with Crippen molar-refractivity contribution in [3.63, 3.8) is 0 Å². The maximum Gasteiger partial charge on any atom is 0.0626 e. The van der Waals surface area contributed by atoms with E-state index >= 15 is 0 Å². The van der Waals surface area contributed by atoms with Crippen LogP contribution in [-0.2, 0) is 4.74 Å². The zero-order chi connectivity index (χ0) is 5.70. The van der Waals surface area contributed by atoms with Crippen molar-refractivity contribution >= 4 is 12.4 Å². The Hall–Kier alpha value is 0.170. The number of hydrogen-bond acceptors (Lipinski definition) is 3. The summed E-state index contributed by atoms with van der Waals surface area (Å²) in [7, 11) is 1.61. The van der Waals surface area contributed by atoms with Crippen LogP contribution in [0.1, 0.15) is 0 Å². The Morgan fingerprint density at radius 1 is 1.62 bits per heavy atom. The highest BCUT2D eigenvalue weighted by atomic mass is 35.5. The highest BCUT2D eigenvalue weighted by Crippen LogP contribution is 1.71. The van der Waals surface area contributed by atoms with Gasteiger partial charge in [-0.1, -0.05) is 0 Å². The minimum atomic E-state index is 0. The van der Waals surface area contributed by atoms with Crippen molar-refractivity contribution in [3.05, 3.63) is 0 Å². The van der Waals surface area contributed by atoms with Crippen LogP contribution in [0.3, 0.4) is 0 Å². The maximum atomic E-state index is 5.33. The number of nitrogens with two attached hydrogens (primary N) is 2. The fraction of sp³-hybridized carbons (Fsp3) is 1.00. The summed E-state index contributed by atoms with van der Waals surface area (Å²) in [4.78, 5) is 0. The monoisotopic (exact) mass is 140 g/mol. The first-order valence-electron chi connectivity index (χ1n) is 2.26. The summed E-state index contributed by atoms with van der Waals surface area (Å²) in [5, 5.41) is 0. The van der Waals surface area contributed by atoms with E-state index in [9.17, 15) is 0 Å². The minimum Gasteiger partial charge on any atom is -0.383 e. The Labute approximate surface area is 55.8 Å². The van der Waals surface area contributed by atoms with E-state index in [1.54, 1.807) is 7.11 Å². The number of hydrogen-bond donors (Lipinski definition) is 2. The van der Waals surface area contributed by atoms with E-state index in [0.29, 0.717) is 13.2 Å². The molecule has 0 aliphatic heterocycles. The van der Waals surface area contributed by atoms with Crippen molar-refractivity contribution in [1.82, 2.24) is 0 Å². The Morgan fingerprint density at radius 3 is 2.25 bits per heavy atom. The number of ether oxygens (including phenoxy) is 1. The van der Waals surface area contributed by atoms with Crippen LogP contribution in [0.5, 0.6) is 0 Å². The van der Waals surface area contributed by atoms with E-state index in [1.165, 1.54) is 0 Å². The Kier molecular flexibility index (Phi) is 9.89. The van der Waals surface area contributed by atoms with Gasteiger partial charge >= 0.3 is 0 Å². The highest BCUT2D eigenvalue weighted by Gasteiger charge is 1.93. The molecular weight excluding hydrogens is 128 g/mol. The standard InChI is InChI=1S/C4H12N2O.ClH/c1-7-3-4(6)2-5;/h4H,2-3,5-6H2,1H3;1H. The van der Waals surface area contributed by atoms with E-state index in [-0.39, 0.29) is 18.4 Å². The lowest BCUT2D eigenvalue weighted by Crippen LogP contribution is -2.33. The van der Waals surface area contributed by atoms with Gasteiger partial charge in [0.25, 0.3) is 0 Å². The molecule has 0 aliphatic rings. The molecule has 8 heavy (non-hydrogen) atoms. The lowest BCUT2D eigenvalue weighted by atomic mass is 10.3. The van der Waals surface area contributed by atoms with Crippen LogP contribution in [0.2, 0.25) is 0 Å². The van der Waals surface area contributed by atoms with Crippen molar-refractivity contribution < 1.29 is 4.74 Å². The van der Waals surface area contributed by atoms with Gasteiger partial charge in [-0.05, 0) is 0 Å². The molecule has 0 saturated carbocycles. The molecule has 1 unspecified atom stereocenters. The van der Waals surface area contributed by atoms with Gasteiger partial charge in [-0.2, -0.15) is 0 Å². The van der Waals surface area contributed by atoms with Crippen molar-refractivity contribution in [3.8, 4) is 0 Å². The molecule has 0 aromatic carbocycles. The molecular formula is C4H13ClN2O. The molecule has 0 aromatic heterocycles. The Bertz CT molecular complexity index is 45.0. The molecule has 0 rings (SSSR count). The lowest BCUT2D eigenvalue weighted by molar-refractivity contribution is 0.182. The fourth-order valence-electron chi connectivity index (χ4n) is 0.282. The fourth-order valence-corrected chi connectivity index (χ4v) is 0.282. The van der Waals surface area contributed by atoms with Crippen LogP contribution in [0.25, 0.3) is 0 Å². The molecule has 0 aliphatic carbocycles. The predicted molar refractivity (Wildman–Crippen MR) is 36.2 cm³/mol. The summed E-state index contributed by atoms with van der Waals surface area (Å²) in [6.07, 6.45) is 0. The zero-order valence-electron chi connectivity index (χ0n) is 4.96. The van der Waals surface area contributed by atoms with Crippen LogP contribution in [0.15, 0.2) is 0 Å². The van der Waals surface area contributed by atoms with Crippen LogP contribution >= 0.6 is 12.4 Å². The summed E-state index contributed by atoms with van der Waals surface area (Å²) in [5.41, 5.74) is 10.5. The first-order valence-corrected chi connectivity index (χ1v) is 2.26. The highest BCUT2D eigenvalue weighted by molar-refractivity contribution is 5.85. The number of halogens is 1. The van der Waals surface area contributed by atoms with Crippen molar-refractivity contribution in [1.29, 1.82) is 0 Å². The van der Waals surface area contributed by atoms with Crippen LogP contribution in [0.4, 0.5) is 0 Å². The average Bonchev–Trinajstić information content (AvgIpc) is 1.68. The van der Waals surface area contributed by atoms with Crippen molar-refractivity contribution in [2.24, 2.45) is 11.5 Å². The molecule has 0 radical (unpaired) electrons. The summed E-state index contributed by atoms with van der Waals surface area (Å²) in [6, 6.07) is 0.00463. The zero-order valence-corrected chi connectivity index (χ0v) is 5.78. The van der Waals surface area contributed by atoms with Crippen molar-refractivity contribution in [2.45, 2.75) is 6.04 Å². The third-order valence-electron chi connectivity index (χ3n) is 0.683. The second-order valence-corrected chi connectivity index (χ2v) is 1.45. The molecule has 0 bridgehead atoms. The van der Waals surface area contributed by atoms with Gasteiger partial charge in [0.15, 0.2) is 0 Å². The van der Waals surface area contributed by atoms with E-state index in [4.69, 9.17) is 11.5 Å². The molecule has 52 valence electrons. The van der Waals surface area contributed by atoms with Crippen LogP contribution in [-0.4, -0.2) is 26.3 Å². The third-order valence-corrected chi connectivity index (χ3v) is 0.683. The SMILES string of the molecule is COCC(N)CN.Cl. The average molecular weight is 141 g/mol. The van der Waals surface area contributed by atoms with E-state index < -0.39 is 0 Å². The quantitative estimate of drug-likeness (QED) is 0.547. The lowest BCUT2D eigenvalue weighted by Gasteiger charge is -2.03. The van der Waals surface area contributed by atoms with Gasteiger partial charge < -0.3 is 16.2 Å². The van der Waals surface area contributed by atoms with Gasteiger partial charge in [-0.25, -0.2) is 0 Å². The molecule has 3 nitrogen and oxygen atoms in total. The summed E-state index contributed by atoms with van der Waals surface area (Å²) in [6.45, 7) is 1.05. The smallest absolute Gasteiger partial charge is 0.0626 e. The Morgan fingerprint density at radius 2 is 2.12 bits per heavy atom. The molecule has 0 fully saturated rings. The topological polar surface area (TPSA) is 61.3 Å².